The minimum atomic E-state index is -0.608. The van der Waals surface area contributed by atoms with Crippen molar-refractivity contribution in [2.24, 2.45) is 0 Å². The zero-order chi connectivity index (χ0) is 16.7. The lowest BCUT2D eigenvalue weighted by atomic mass is 10.1. The van der Waals surface area contributed by atoms with Gasteiger partial charge in [-0.1, -0.05) is 53.5 Å². The molecule has 2 aromatic rings. The third-order valence-corrected chi connectivity index (χ3v) is 3.71. The Kier molecular flexibility index (Phi) is 6.71. The quantitative estimate of drug-likeness (QED) is 0.799. The second kappa shape index (κ2) is 8.77. The van der Waals surface area contributed by atoms with Crippen LogP contribution < -0.4 is 10.1 Å². The summed E-state index contributed by atoms with van der Waals surface area (Å²) in [7, 11) is 0. The van der Waals surface area contributed by atoms with Crippen LogP contribution in [-0.4, -0.2) is 24.2 Å². The Morgan fingerprint density at radius 3 is 2.61 bits per heavy atom. The highest BCUT2D eigenvalue weighted by Crippen LogP contribution is 2.27. The van der Waals surface area contributed by atoms with E-state index in [1.165, 1.54) is 0 Å². The number of hydrogen-bond donors (Lipinski definition) is 2. The summed E-state index contributed by atoms with van der Waals surface area (Å²) in [5.41, 5.74) is 0.825. The van der Waals surface area contributed by atoms with Gasteiger partial charge >= 0.3 is 0 Å². The van der Waals surface area contributed by atoms with Gasteiger partial charge in [0.05, 0.1) is 11.1 Å². The van der Waals surface area contributed by atoms with Crippen molar-refractivity contribution in [1.29, 1.82) is 0 Å². The highest BCUT2D eigenvalue weighted by molar-refractivity contribution is 6.35. The summed E-state index contributed by atoms with van der Waals surface area (Å²) in [6, 6.07) is 14.1. The number of halogens is 2. The molecule has 1 atom stereocenters. The molecule has 0 saturated heterocycles. The van der Waals surface area contributed by atoms with Gasteiger partial charge in [0.25, 0.3) is 5.91 Å². The lowest BCUT2D eigenvalue weighted by Crippen LogP contribution is -2.30. The Morgan fingerprint density at radius 2 is 1.91 bits per heavy atom. The number of nitrogens with one attached hydrogen (secondary N) is 1. The van der Waals surface area contributed by atoms with Crippen LogP contribution in [0, 0.1) is 0 Å². The molecular weight excluding hydrogens is 337 g/mol. The normalized spacial score (nSPS) is 11.8. The van der Waals surface area contributed by atoms with Crippen molar-refractivity contribution in [1.82, 2.24) is 5.32 Å². The van der Waals surface area contributed by atoms with Crippen LogP contribution in [0.25, 0.3) is 0 Å². The third kappa shape index (κ3) is 5.75. The molecule has 0 radical (unpaired) electrons. The molecule has 0 bridgehead atoms. The Labute approximate surface area is 145 Å². The molecule has 23 heavy (non-hydrogen) atoms. The van der Waals surface area contributed by atoms with E-state index in [2.05, 4.69) is 5.32 Å². The van der Waals surface area contributed by atoms with Crippen LogP contribution in [0.2, 0.25) is 10.0 Å². The van der Waals surface area contributed by atoms with Crippen LogP contribution in [0.1, 0.15) is 18.1 Å². The molecule has 6 heteroatoms. The van der Waals surface area contributed by atoms with E-state index in [0.717, 1.165) is 5.56 Å². The zero-order valence-corrected chi connectivity index (χ0v) is 13.8. The molecule has 2 N–H and O–H groups in total. The van der Waals surface area contributed by atoms with Gasteiger partial charge in [-0.15, -0.1) is 0 Å². The number of carbonyl (C=O) groups excluding carboxylic acids is 1. The molecule has 0 spiro atoms. The smallest absolute Gasteiger partial charge is 0.257 e. The van der Waals surface area contributed by atoms with Crippen molar-refractivity contribution in [2.75, 3.05) is 13.2 Å². The first-order valence-electron chi connectivity index (χ1n) is 7.14. The standard InChI is InChI=1S/C17H17Cl2NO3/c18-13-6-7-16(14(19)10-13)23-11-17(22)20-9-8-15(21)12-4-2-1-3-5-12/h1-7,10,15,21H,8-9,11H2,(H,20,22)/t15-/m1/s1. The van der Waals surface area contributed by atoms with Gasteiger partial charge < -0.3 is 15.2 Å². The Bertz CT molecular complexity index is 650. The summed E-state index contributed by atoms with van der Waals surface area (Å²) in [4.78, 5) is 11.7. The van der Waals surface area contributed by atoms with E-state index in [9.17, 15) is 9.90 Å². The lowest BCUT2D eigenvalue weighted by Gasteiger charge is -2.12. The fourth-order valence-corrected chi connectivity index (χ4v) is 2.44. The van der Waals surface area contributed by atoms with Crippen LogP contribution in [0.3, 0.4) is 0 Å². The van der Waals surface area contributed by atoms with Crippen LogP contribution in [0.5, 0.6) is 5.75 Å². The van der Waals surface area contributed by atoms with Crippen LogP contribution in [0.15, 0.2) is 48.5 Å². The topological polar surface area (TPSA) is 58.6 Å². The van der Waals surface area contributed by atoms with Gasteiger partial charge in [0.2, 0.25) is 0 Å². The van der Waals surface area contributed by atoms with E-state index in [-0.39, 0.29) is 12.5 Å². The molecule has 122 valence electrons. The van der Waals surface area contributed by atoms with Gasteiger partial charge in [-0.3, -0.25) is 4.79 Å². The molecule has 0 heterocycles. The number of benzene rings is 2. The molecule has 0 aromatic heterocycles. The van der Waals surface area contributed by atoms with Crippen molar-refractivity contribution in [3.8, 4) is 5.75 Å². The number of hydrogen-bond acceptors (Lipinski definition) is 3. The molecule has 0 aliphatic rings. The molecule has 0 saturated carbocycles. The summed E-state index contributed by atoms with van der Waals surface area (Å²) >= 11 is 11.7. The fourth-order valence-electron chi connectivity index (χ4n) is 1.98. The van der Waals surface area contributed by atoms with E-state index in [4.69, 9.17) is 27.9 Å². The van der Waals surface area contributed by atoms with Crippen molar-refractivity contribution in [2.45, 2.75) is 12.5 Å². The average molecular weight is 354 g/mol. The predicted octanol–water partition coefficient (Wildman–Crippen LogP) is 3.61. The molecule has 0 unspecified atom stereocenters. The zero-order valence-electron chi connectivity index (χ0n) is 12.3. The van der Waals surface area contributed by atoms with Gasteiger partial charge in [-0.25, -0.2) is 0 Å². The number of aliphatic hydroxyl groups excluding tert-OH is 1. The van der Waals surface area contributed by atoms with Gasteiger partial charge in [-0.2, -0.15) is 0 Å². The van der Waals surface area contributed by atoms with E-state index in [1.54, 1.807) is 18.2 Å². The highest BCUT2D eigenvalue weighted by atomic mass is 35.5. The summed E-state index contributed by atoms with van der Waals surface area (Å²) in [6.07, 6.45) is -0.180. The largest absolute Gasteiger partial charge is 0.482 e. The molecule has 0 fully saturated rings. The molecule has 1 amide bonds. The van der Waals surface area contributed by atoms with Crippen LogP contribution in [-0.2, 0) is 4.79 Å². The van der Waals surface area contributed by atoms with E-state index >= 15 is 0 Å². The van der Waals surface area contributed by atoms with Crippen molar-refractivity contribution in [3.63, 3.8) is 0 Å². The first kappa shape index (κ1) is 17.6. The van der Waals surface area contributed by atoms with Gasteiger partial charge in [0.15, 0.2) is 6.61 Å². The first-order valence-corrected chi connectivity index (χ1v) is 7.89. The number of ether oxygens (including phenoxy) is 1. The second-order valence-corrected chi connectivity index (χ2v) is 5.77. The minimum absolute atomic E-state index is 0.150. The molecular formula is C17H17Cl2NO3. The van der Waals surface area contributed by atoms with E-state index in [1.807, 2.05) is 30.3 Å². The maximum atomic E-state index is 11.7. The minimum Gasteiger partial charge on any atom is -0.482 e. The molecule has 4 nitrogen and oxygen atoms in total. The Morgan fingerprint density at radius 1 is 1.17 bits per heavy atom. The number of carbonyl (C=O) groups is 1. The van der Waals surface area contributed by atoms with Crippen LogP contribution >= 0.6 is 23.2 Å². The molecule has 0 aliphatic heterocycles. The SMILES string of the molecule is O=C(COc1ccc(Cl)cc1Cl)NCC[C@@H](O)c1ccccc1. The average Bonchev–Trinajstić information content (AvgIpc) is 2.54. The van der Waals surface area contributed by atoms with E-state index in [0.29, 0.717) is 28.8 Å². The number of rotatable bonds is 7. The van der Waals surface area contributed by atoms with Crippen molar-refractivity contribution in [3.05, 3.63) is 64.1 Å². The fraction of sp³-hybridized carbons (Fsp3) is 0.235. The monoisotopic (exact) mass is 353 g/mol. The predicted molar refractivity (Wildman–Crippen MR) is 91.0 cm³/mol. The maximum Gasteiger partial charge on any atom is 0.257 e. The van der Waals surface area contributed by atoms with Crippen molar-refractivity contribution < 1.29 is 14.6 Å². The van der Waals surface area contributed by atoms with Gasteiger partial charge in [0.1, 0.15) is 5.75 Å². The van der Waals surface area contributed by atoms with Gasteiger partial charge in [0, 0.05) is 11.6 Å². The molecule has 0 aliphatic carbocycles. The lowest BCUT2D eigenvalue weighted by molar-refractivity contribution is -0.123. The van der Waals surface area contributed by atoms with Crippen molar-refractivity contribution >= 4 is 29.1 Å². The molecule has 2 rings (SSSR count). The number of amides is 1. The van der Waals surface area contributed by atoms with Crippen LogP contribution in [0.4, 0.5) is 0 Å². The molecule has 2 aromatic carbocycles. The maximum absolute atomic E-state index is 11.7. The summed E-state index contributed by atoms with van der Waals surface area (Å²) in [5.74, 6) is 0.117. The summed E-state index contributed by atoms with van der Waals surface area (Å²) in [5, 5.41) is 13.5. The van der Waals surface area contributed by atoms with E-state index < -0.39 is 6.10 Å². The van der Waals surface area contributed by atoms with Gasteiger partial charge in [-0.05, 0) is 30.2 Å². The first-order chi connectivity index (χ1) is 11.1. The summed E-state index contributed by atoms with van der Waals surface area (Å²) < 4.78 is 5.33. The second-order valence-electron chi connectivity index (χ2n) is 4.93. The Hall–Kier alpha value is -1.75. The third-order valence-electron chi connectivity index (χ3n) is 3.18. The highest BCUT2D eigenvalue weighted by Gasteiger charge is 2.09. The Balaban J connectivity index is 1.71. The number of aliphatic hydroxyl groups is 1. The summed E-state index contributed by atoms with van der Waals surface area (Å²) in [6.45, 7) is 0.204.